The fourth-order valence-electron chi connectivity index (χ4n) is 2.75. The van der Waals surface area contributed by atoms with Crippen LogP contribution in [0.1, 0.15) is 39.5 Å². The van der Waals surface area contributed by atoms with Gasteiger partial charge in [0.2, 0.25) is 0 Å². The molecule has 0 aliphatic heterocycles. The van der Waals surface area contributed by atoms with Crippen molar-refractivity contribution < 1.29 is 4.79 Å². The van der Waals surface area contributed by atoms with Crippen molar-refractivity contribution in [2.24, 2.45) is 0 Å². The van der Waals surface area contributed by atoms with Gasteiger partial charge >= 0.3 is 0 Å². The summed E-state index contributed by atoms with van der Waals surface area (Å²) < 4.78 is 0.848. The minimum Gasteiger partial charge on any atom is -0.345 e. The van der Waals surface area contributed by atoms with E-state index in [1.54, 1.807) is 0 Å². The van der Waals surface area contributed by atoms with Crippen molar-refractivity contribution in [3.8, 4) is 0 Å². The van der Waals surface area contributed by atoms with Crippen LogP contribution in [0, 0.1) is 6.92 Å². The van der Waals surface area contributed by atoms with Crippen molar-refractivity contribution >= 4 is 21.8 Å². The summed E-state index contributed by atoms with van der Waals surface area (Å²) in [5.41, 5.74) is 4.43. The molecule has 102 valence electrons. The molecular formula is C17H16BrNO. The third-order valence-electron chi connectivity index (χ3n) is 3.81. The average molecular weight is 330 g/mol. The molecule has 1 N–H and O–H groups in total. The molecule has 0 aromatic heterocycles. The number of nitrogens with one attached hydrogen (secondary N) is 1. The molecule has 20 heavy (non-hydrogen) atoms. The molecule has 0 fully saturated rings. The number of aryl methyl sites for hydroxylation is 2. The Bertz CT molecular complexity index is 666. The number of hydrogen-bond acceptors (Lipinski definition) is 1. The molecule has 0 radical (unpaired) electrons. The van der Waals surface area contributed by atoms with E-state index in [0.717, 1.165) is 22.9 Å². The molecule has 0 spiro atoms. The minimum absolute atomic E-state index is 0.0152. The predicted molar refractivity (Wildman–Crippen MR) is 83.8 cm³/mol. The van der Waals surface area contributed by atoms with E-state index in [-0.39, 0.29) is 11.9 Å². The number of fused-ring (bicyclic) bond motifs is 1. The lowest BCUT2D eigenvalue weighted by Gasteiger charge is -2.15. The summed E-state index contributed by atoms with van der Waals surface area (Å²) in [7, 11) is 0. The van der Waals surface area contributed by atoms with Crippen LogP contribution >= 0.6 is 15.9 Å². The Morgan fingerprint density at radius 1 is 1.25 bits per heavy atom. The summed E-state index contributed by atoms with van der Waals surface area (Å²) in [5, 5.41) is 3.14. The standard InChI is InChI=1S/C17H16BrNO/c1-11-6-8-14(15(18)10-11)17(20)19-16-9-7-12-4-2-3-5-13(12)16/h2-6,8,10,16H,7,9H2,1H3,(H,19,20). The molecule has 2 aromatic rings. The van der Waals surface area contributed by atoms with Crippen molar-refractivity contribution in [3.63, 3.8) is 0 Å². The highest BCUT2D eigenvalue weighted by Gasteiger charge is 2.24. The number of carbonyl (C=O) groups is 1. The number of halogens is 1. The second-order valence-electron chi connectivity index (χ2n) is 5.25. The molecule has 1 amide bonds. The van der Waals surface area contributed by atoms with Crippen molar-refractivity contribution in [2.75, 3.05) is 0 Å². The van der Waals surface area contributed by atoms with Crippen LogP contribution in [0.2, 0.25) is 0 Å². The molecule has 1 aliphatic carbocycles. The van der Waals surface area contributed by atoms with Crippen LogP contribution in [0.4, 0.5) is 0 Å². The molecular weight excluding hydrogens is 314 g/mol. The number of carbonyl (C=O) groups excluding carboxylic acids is 1. The van der Waals surface area contributed by atoms with Crippen molar-refractivity contribution in [3.05, 3.63) is 69.2 Å². The second-order valence-corrected chi connectivity index (χ2v) is 6.10. The molecule has 1 aliphatic rings. The second kappa shape index (κ2) is 5.41. The highest BCUT2D eigenvalue weighted by atomic mass is 79.9. The van der Waals surface area contributed by atoms with Gasteiger partial charge in [-0.05, 0) is 64.5 Å². The average Bonchev–Trinajstić information content (AvgIpc) is 2.82. The van der Waals surface area contributed by atoms with Crippen molar-refractivity contribution in [1.82, 2.24) is 5.32 Å². The third kappa shape index (κ3) is 2.50. The summed E-state index contributed by atoms with van der Waals surface area (Å²) in [6.07, 6.45) is 2.02. The van der Waals surface area contributed by atoms with Crippen LogP contribution in [0.3, 0.4) is 0 Å². The van der Waals surface area contributed by atoms with E-state index in [2.05, 4.69) is 39.4 Å². The van der Waals surface area contributed by atoms with Crippen LogP contribution in [0.25, 0.3) is 0 Å². The first-order valence-electron chi connectivity index (χ1n) is 6.80. The first-order valence-corrected chi connectivity index (χ1v) is 7.59. The Hall–Kier alpha value is -1.61. The van der Waals surface area contributed by atoms with Gasteiger partial charge in [0.1, 0.15) is 0 Å². The number of rotatable bonds is 2. The van der Waals surface area contributed by atoms with E-state index >= 15 is 0 Å². The fraction of sp³-hybridized carbons (Fsp3) is 0.235. The zero-order chi connectivity index (χ0) is 14.1. The van der Waals surface area contributed by atoms with E-state index in [0.29, 0.717) is 5.56 Å². The molecule has 1 unspecified atom stereocenters. The maximum Gasteiger partial charge on any atom is 0.252 e. The quantitative estimate of drug-likeness (QED) is 0.880. The molecule has 0 bridgehead atoms. The molecule has 0 saturated carbocycles. The van der Waals surface area contributed by atoms with Gasteiger partial charge in [-0.15, -0.1) is 0 Å². The van der Waals surface area contributed by atoms with Gasteiger partial charge in [0, 0.05) is 4.47 Å². The minimum atomic E-state index is -0.0152. The normalized spacial score (nSPS) is 16.8. The number of amides is 1. The van der Waals surface area contributed by atoms with Gasteiger partial charge in [0.25, 0.3) is 5.91 Å². The van der Waals surface area contributed by atoms with E-state index in [4.69, 9.17) is 0 Å². The molecule has 0 saturated heterocycles. The lowest BCUT2D eigenvalue weighted by atomic mass is 10.1. The van der Waals surface area contributed by atoms with Crippen LogP contribution in [0.15, 0.2) is 46.9 Å². The van der Waals surface area contributed by atoms with E-state index < -0.39 is 0 Å². The van der Waals surface area contributed by atoms with Gasteiger partial charge in [-0.2, -0.15) is 0 Å². The van der Waals surface area contributed by atoms with Gasteiger partial charge in [-0.25, -0.2) is 0 Å². The summed E-state index contributed by atoms with van der Waals surface area (Å²) in [6, 6.07) is 14.3. The summed E-state index contributed by atoms with van der Waals surface area (Å²) in [4.78, 5) is 12.4. The Balaban J connectivity index is 1.81. The summed E-state index contributed by atoms with van der Waals surface area (Å²) in [6.45, 7) is 2.01. The number of benzene rings is 2. The largest absolute Gasteiger partial charge is 0.345 e. The Morgan fingerprint density at radius 2 is 2.05 bits per heavy atom. The van der Waals surface area contributed by atoms with Crippen LogP contribution in [0.5, 0.6) is 0 Å². The predicted octanol–water partition coefficient (Wildman–Crippen LogP) is 4.17. The SMILES string of the molecule is Cc1ccc(C(=O)NC2CCc3ccccc32)c(Br)c1. The lowest BCUT2D eigenvalue weighted by Crippen LogP contribution is -2.27. The highest BCUT2D eigenvalue weighted by molar-refractivity contribution is 9.10. The van der Waals surface area contributed by atoms with Crippen LogP contribution in [-0.2, 0) is 6.42 Å². The molecule has 3 rings (SSSR count). The number of hydrogen-bond donors (Lipinski definition) is 1. The maximum absolute atomic E-state index is 12.4. The maximum atomic E-state index is 12.4. The lowest BCUT2D eigenvalue weighted by molar-refractivity contribution is 0.0936. The van der Waals surface area contributed by atoms with Crippen LogP contribution in [-0.4, -0.2) is 5.91 Å². The van der Waals surface area contributed by atoms with Gasteiger partial charge in [-0.3, -0.25) is 4.79 Å². The topological polar surface area (TPSA) is 29.1 Å². The molecule has 0 heterocycles. The molecule has 3 heteroatoms. The zero-order valence-corrected chi connectivity index (χ0v) is 12.9. The Labute approximate surface area is 127 Å². The van der Waals surface area contributed by atoms with Crippen LogP contribution < -0.4 is 5.32 Å². The zero-order valence-electron chi connectivity index (χ0n) is 11.3. The first-order chi connectivity index (χ1) is 9.65. The molecule has 2 nitrogen and oxygen atoms in total. The Morgan fingerprint density at radius 3 is 2.85 bits per heavy atom. The van der Waals surface area contributed by atoms with Gasteiger partial charge in [0.15, 0.2) is 0 Å². The highest BCUT2D eigenvalue weighted by Crippen LogP contribution is 2.31. The summed E-state index contributed by atoms with van der Waals surface area (Å²) >= 11 is 3.47. The van der Waals surface area contributed by atoms with Crippen molar-refractivity contribution in [1.29, 1.82) is 0 Å². The Kier molecular flexibility index (Phi) is 3.62. The third-order valence-corrected chi connectivity index (χ3v) is 4.46. The molecule has 1 atom stereocenters. The monoisotopic (exact) mass is 329 g/mol. The molecule has 2 aromatic carbocycles. The van der Waals surface area contributed by atoms with Gasteiger partial charge < -0.3 is 5.32 Å². The van der Waals surface area contributed by atoms with E-state index in [1.165, 1.54) is 11.1 Å². The fourth-order valence-corrected chi connectivity index (χ4v) is 3.42. The summed E-state index contributed by atoms with van der Waals surface area (Å²) in [5.74, 6) is -0.0152. The van der Waals surface area contributed by atoms with Gasteiger partial charge in [0.05, 0.1) is 11.6 Å². The van der Waals surface area contributed by atoms with Gasteiger partial charge in [-0.1, -0.05) is 30.3 Å². The smallest absolute Gasteiger partial charge is 0.252 e. The van der Waals surface area contributed by atoms with Crippen molar-refractivity contribution in [2.45, 2.75) is 25.8 Å². The van der Waals surface area contributed by atoms with E-state index in [1.807, 2.05) is 31.2 Å². The first kappa shape index (κ1) is 13.4. The van der Waals surface area contributed by atoms with E-state index in [9.17, 15) is 4.79 Å².